The third-order valence-corrected chi connectivity index (χ3v) is 10.9. The second-order valence-corrected chi connectivity index (χ2v) is 13.6. The van der Waals surface area contributed by atoms with Gasteiger partial charge in [-0.05, 0) is 77.2 Å². The van der Waals surface area contributed by atoms with E-state index in [1.807, 2.05) is 11.3 Å². The van der Waals surface area contributed by atoms with Gasteiger partial charge < -0.3 is 9.47 Å². The van der Waals surface area contributed by atoms with E-state index < -0.39 is 0 Å². The summed E-state index contributed by atoms with van der Waals surface area (Å²) in [6.07, 6.45) is 0. The lowest BCUT2D eigenvalue weighted by atomic mass is 10.0. The Morgan fingerprint density at radius 1 is 0.429 bits per heavy atom. The van der Waals surface area contributed by atoms with Gasteiger partial charge in [0.05, 0.1) is 21.4 Å². The molecule has 0 aliphatic heterocycles. The maximum atomic E-state index is 2.46. The van der Waals surface area contributed by atoms with Gasteiger partial charge in [0.15, 0.2) is 0 Å². The molecule has 2 aromatic heterocycles. The van der Waals surface area contributed by atoms with Gasteiger partial charge in [-0.25, -0.2) is 0 Å². The Bertz CT molecular complexity index is 2810. The lowest BCUT2D eigenvalue weighted by molar-refractivity contribution is 1.19. The zero-order valence-electron chi connectivity index (χ0n) is 26.6. The van der Waals surface area contributed by atoms with Crippen LogP contribution in [0.2, 0.25) is 0 Å². The lowest BCUT2D eigenvalue weighted by Crippen LogP contribution is -2.10. The molecule has 0 atom stereocenters. The maximum absolute atomic E-state index is 2.46. The molecule has 49 heavy (non-hydrogen) atoms. The van der Waals surface area contributed by atoms with E-state index in [-0.39, 0.29) is 0 Å². The molecule has 0 amide bonds. The molecule has 0 unspecified atom stereocenters. The van der Waals surface area contributed by atoms with Crippen LogP contribution in [0.25, 0.3) is 69.6 Å². The Balaban J connectivity index is 1.24. The van der Waals surface area contributed by atoms with E-state index in [0.29, 0.717) is 0 Å². The van der Waals surface area contributed by atoms with Crippen LogP contribution in [0.3, 0.4) is 0 Å². The summed E-state index contributed by atoms with van der Waals surface area (Å²) in [5, 5.41) is 7.56. The molecule has 0 fully saturated rings. The highest BCUT2D eigenvalue weighted by Gasteiger charge is 2.20. The van der Waals surface area contributed by atoms with Crippen LogP contribution in [-0.2, 0) is 0 Å². The molecule has 0 saturated heterocycles. The van der Waals surface area contributed by atoms with Crippen LogP contribution in [0, 0.1) is 0 Å². The first-order valence-corrected chi connectivity index (χ1v) is 17.5. The predicted molar refractivity (Wildman–Crippen MR) is 211 cm³/mol. The Morgan fingerprint density at radius 3 is 1.98 bits per heavy atom. The molecule has 0 radical (unpaired) electrons. The van der Waals surface area contributed by atoms with E-state index in [1.165, 1.54) is 75.3 Å². The van der Waals surface area contributed by atoms with Crippen LogP contribution < -0.4 is 4.90 Å². The zero-order valence-corrected chi connectivity index (χ0v) is 27.4. The summed E-state index contributed by atoms with van der Waals surface area (Å²) in [4.78, 5) is 2.40. The zero-order chi connectivity index (χ0) is 32.3. The van der Waals surface area contributed by atoms with E-state index in [1.54, 1.807) is 0 Å². The standard InChI is InChI=1S/C46H30N2S/c1-4-13-31(14-5-1)33-23-27-43-40(29-33)38-25-26-39-41-30-36(24-28-44(41)49-46(39)45(38)48(43)35-19-8-3-9-20-35)47(34-17-6-2-7-18-34)42-22-12-16-32-15-10-11-21-37(32)42/h1-30H. The number of hydrogen-bond acceptors (Lipinski definition) is 2. The van der Waals surface area contributed by atoms with Crippen LogP contribution in [0.5, 0.6) is 0 Å². The first-order valence-electron chi connectivity index (χ1n) is 16.7. The average Bonchev–Trinajstić information content (AvgIpc) is 3.71. The van der Waals surface area contributed by atoms with E-state index in [2.05, 4.69) is 191 Å². The van der Waals surface area contributed by atoms with Crippen molar-refractivity contribution in [2.24, 2.45) is 0 Å². The third-order valence-electron chi connectivity index (χ3n) is 9.75. The predicted octanol–water partition coefficient (Wildman–Crippen LogP) is 13.4. The fraction of sp³-hybridized carbons (Fsp3) is 0. The highest BCUT2D eigenvalue weighted by molar-refractivity contribution is 7.26. The van der Waals surface area contributed by atoms with Crippen molar-refractivity contribution in [3.05, 3.63) is 182 Å². The van der Waals surface area contributed by atoms with Crippen molar-refractivity contribution >= 4 is 81.1 Å². The maximum Gasteiger partial charge on any atom is 0.0719 e. The number of thiophene rings is 1. The van der Waals surface area contributed by atoms with Gasteiger partial charge in [-0.1, -0.05) is 121 Å². The Kier molecular flexibility index (Phi) is 6.39. The van der Waals surface area contributed by atoms with E-state index in [4.69, 9.17) is 0 Å². The van der Waals surface area contributed by atoms with Crippen molar-refractivity contribution in [3.8, 4) is 16.8 Å². The molecule has 2 nitrogen and oxygen atoms in total. The molecule has 3 heteroatoms. The van der Waals surface area contributed by atoms with E-state index >= 15 is 0 Å². The smallest absolute Gasteiger partial charge is 0.0719 e. The van der Waals surface area contributed by atoms with Gasteiger partial charge >= 0.3 is 0 Å². The van der Waals surface area contributed by atoms with Crippen molar-refractivity contribution in [3.63, 3.8) is 0 Å². The minimum Gasteiger partial charge on any atom is -0.310 e. The first-order chi connectivity index (χ1) is 24.3. The highest BCUT2D eigenvalue weighted by Crippen LogP contribution is 2.46. The molecule has 0 bridgehead atoms. The molecule has 0 spiro atoms. The summed E-state index contributed by atoms with van der Waals surface area (Å²) in [6, 6.07) is 66.0. The number of fused-ring (bicyclic) bond motifs is 8. The fourth-order valence-corrected chi connectivity index (χ4v) is 8.74. The molecule has 0 aliphatic rings. The summed E-state index contributed by atoms with van der Waals surface area (Å²) >= 11 is 1.89. The Labute approximate surface area is 288 Å². The van der Waals surface area contributed by atoms with Gasteiger partial charge in [0.25, 0.3) is 0 Å². The summed E-state index contributed by atoms with van der Waals surface area (Å²) < 4.78 is 5.05. The van der Waals surface area contributed by atoms with Gasteiger partial charge in [-0.2, -0.15) is 0 Å². The molecule has 0 N–H and O–H groups in total. The molecule has 0 aliphatic carbocycles. The van der Waals surface area contributed by atoms with Gasteiger partial charge in [0.1, 0.15) is 0 Å². The first kappa shape index (κ1) is 27.9. The van der Waals surface area contributed by atoms with Crippen LogP contribution in [0.1, 0.15) is 0 Å². The Hall–Kier alpha value is -6.16. The van der Waals surface area contributed by atoms with Crippen LogP contribution in [0.4, 0.5) is 17.1 Å². The average molecular weight is 643 g/mol. The van der Waals surface area contributed by atoms with Crippen molar-refractivity contribution in [2.45, 2.75) is 0 Å². The highest BCUT2D eigenvalue weighted by atomic mass is 32.1. The molecule has 10 aromatic rings. The van der Waals surface area contributed by atoms with Crippen LogP contribution in [-0.4, -0.2) is 4.57 Å². The number of para-hydroxylation sites is 2. The van der Waals surface area contributed by atoms with Gasteiger partial charge in [-0.15, -0.1) is 11.3 Å². The monoisotopic (exact) mass is 642 g/mol. The van der Waals surface area contributed by atoms with Crippen molar-refractivity contribution in [1.29, 1.82) is 0 Å². The molecular formula is C46H30N2S. The fourth-order valence-electron chi connectivity index (χ4n) is 7.52. The number of hydrogen-bond donors (Lipinski definition) is 0. The SMILES string of the molecule is c1ccc(-c2ccc3c(c2)c2ccc4c5cc(N(c6ccccc6)c6cccc7ccccc67)ccc5sc4c2n3-c2ccccc2)cc1. The van der Waals surface area contributed by atoms with Crippen molar-refractivity contribution < 1.29 is 0 Å². The van der Waals surface area contributed by atoms with Crippen LogP contribution in [0.15, 0.2) is 182 Å². The van der Waals surface area contributed by atoms with Gasteiger partial charge in [-0.3, -0.25) is 0 Å². The normalized spacial score (nSPS) is 11.7. The largest absolute Gasteiger partial charge is 0.310 e. The van der Waals surface area contributed by atoms with Crippen molar-refractivity contribution in [2.75, 3.05) is 4.90 Å². The third kappa shape index (κ3) is 4.47. The summed E-state index contributed by atoms with van der Waals surface area (Å²) in [5.74, 6) is 0. The number of benzene rings is 8. The van der Waals surface area contributed by atoms with E-state index in [9.17, 15) is 0 Å². The van der Waals surface area contributed by atoms with Gasteiger partial charge in [0, 0.05) is 48.7 Å². The summed E-state index contributed by atoms with van der Waals surface area (Å²) in [6.45, 7) is 0. The quantitative estimate of drug-likeness (QED) is 0.181. The van der Waals surface area contributed by atoms with Gasteiger partial charge in [0.2, 0.25) is 0 Å². The van der Waals surface area contributed by atoms with Crippen molar-refractivity contribution in [1.82, 2.24) is 4.57 Å². The minimum absolute atomic E-state index is 1.14. The Morgan fingerprint density at radius 2 is 1.14 bits per heavy atom. The minimum atomic E-state index is 1.14. The molecule has 8 aromatic carbocycles. The molecular weight excluding hydrogens is 613 g/mol. The number of nitrogens with zero attached hydrogens (tertiary/aromatic N) is 2. The second-order valence-electron chi connectivity index (χ2n) is 12.6. The number of rotatable bonds is 5. The summed E-state index contributed by atoms with van der Waals surface area (Å²) in [5.41, 5.74) is 9.57. The second kappa shape index (κ2) is 11.2. The summed E-state index contributed by atoms with van der Waals surface area (Å²) in [7, 11) is 0. The molecule has 2 heterocycles. The number of aromatic nitrogens is 1. The lowest BCUT2D eigenvalue weighted by Gasteiger charge is -2.27. The topological polar surface area (TPSA) is 8.17 Å². The van der Waals surface area contributed by atoms with E-state index in [0.717, 1.165) is 11.4 Å². The van der Waals surface area contributed by atoms with Crippen LogP contribution >= 0.6 is 11.3 Å². The molecule has 0 saturated carbocycles. The molecule has 230 valence electrons. The molecule has 10 rings (SSSR count). The number of anilines is 3.